The lowest BCUT2D eigenvalue weighted by Gasteiger charge is -2.10. The molecule has 5 heteroatoms. The summed E-state index contributed by atoms with van der Waals surface area (Å²) in [6, 6.07) is 15.9. The standard InChI is InChI=1S/C20H21NO4/c1-3-24-17-12-10-15(11-13-17)14-18(20(23)25-4-2)21-19(22)16-8-6-5-7-9-16/h5-14H,3-4H2,1-2H3,(H,21,22)/b18-14+. The largest absolute Gasteiger partial charge is 0.494 e. The SMILES string of the molecule is CCOC(=O)/C(=C\c1ccc(OCC)cc1)NC(=O)c1ccccc1. The van der Waals surface area contributed by atoms with Gasteiger partial charge in [-0.05, 0) is 49.8 Å². The number of benzene rings is 2. The smallest absolute Gasteiger partial charge is 0.354 e. The van der Waals surface area contributed by atoms with Gasteiger partial charge in [-0.1, -0.05) is 30.3 Å². The Labute approximate surface area is 147 Å². The van der Waals surface area contributed by atoms with Crippen LogP contribution in [0.25, 0.3) is 6.08 Å². The van der Waals surface area contributed by atoms with Gasteiger partial charge in [-0.2, -0.15) is 0 Å². The van der Waals surface area contributed by atoms with E-state index in [-0.39, 0.29) is 18.2 Å². The molecule has 0 saturated heterocycles. The van der Waals surface area contributed by atoms with Crippen molar-refractivity contribution in [3.8, 4) is 5.75 Å². The van der Waals surface area contributed by atoms with E-state index in [1.165, 1.54) is 0 Å². The molecule has 0 aromatic heterocycles. The highest BCUT2D eigenvalue weighted by Crippen LogP contribution is 2.15. The average molecular weight is 339 g/mol. The van der Waals surface area contributed by atoms with Gasteiger partial charge in [0.1, 0.15) is 11.4 Å². The molecular formula is C20H21NO4. The van der Waals surface area contributed by atoms with E-state index in [0.717, 1.165) is 11.3 Å². The second-order valence-electron chi connectivity index (χ2n) is 5.10. The molecule has 0 unspecified atom stereocenters. The predicted octanol–water partition coefficient (Wildman–Crippen LogP) is 3.42. The van der Waals surface area contributed by atoms with Gasteiger partial charge in [-0.25, -0.2) is 4.79 Å². The summed E-state index contributed by atoms with van der Waals surface area (Å²) in [6.07, 6.45) is 1.58. The van der Waals surface area contributed by atoms with Gasteiger partial charge in [0, 0.05) is 5.56 Å². The molecule has 0 aliphatic heterocycles. The highest BCUT2D eigenvalue weighted by atomic mass is 16.5. The highest BCUT2D eigenvalue weighted by molar-refractivity contribution is 6.03. The lowest BCUT2D eigenvalue weighted by atomic mass is 10.1. The maximum absolute atomic E-state index is 12.3. The molecule has 2 aromatic carbocycles. The minimum Gasteiger partial charge on any atom is -0.494 e. The molecule has 0 radical (unpaired) electrons. The van der Waals surface area contributed by atoms with Crippen molar-refractivity contribution >= 4 is 18.0 Å². The number of hydrogen-bond acceptors (Lipinski definition) is 4. The number of esters is 1. The second kappa shape index (κ2) is 9.27. The lowest BCUT2D eigenvalue weighted by molar-refractivity contribution is -0.138. The van der Waals surface area contributed by atoms with E-state index in [1.807, 2.05) is 13.0 Å². The van der Waals surface area contributed by atoms with E-state index in [4.69, 9.17) is 9.47 Å². The van der Waals surface area contributed by atoms with Crippen LogP contribution >= 0.6 is 0 Å². The third-order valence-electron chi connectivity index (χ3n) is 3.28. The van der Waals surface area contributed by atoms with Crippen molar-refractivity contribution in [1.82, 2.24) is 5.32 Å². The molecule has 1 amide bonds. The zero-order valence-corrected chi connectivity index (χ0v) is 14.3. The maximum atomic E-state index is 12.3. The van der Waals surface area contributed by atoms with Crippen molar-refractivity contribution in [3.05, 3.63) is 71.4 Å². The molecule has 0 aliphatic rings. The fraction of sp³-hybridized carbons (Fsp3) is 0.200. The first-order valence-corrected chi connectivity index (χ1v) is 8.12. The van der Waals surface area contributed by atoms with Crippen molar-refractivity contribution in [1.29, 1.82) is 0 Å². The predicted molar refractivity (Wildman–Crippen MR) is 96.1 cm³/mol. The zero-order valence-electron chi connectivity index (χ0n) is 14.3. The van der Waals surface area contributed by atoms with E-state index >= 15 is 0 Å². The molecule has 1 N–H and O–H groups in total. The molecule has 0 saturated carbocycles. The third-order valence-corrected chi connectivity index (χ3v) is 3.28. The summed E-state index contributed by atoms with van der Waals surface area (Å²) in [7, 11) is 0. The van der Waals surface area contributed by atoms with Crippen LogP contribution in [0.3, 0.4) is 0 Å². The quantitative estimate of drug-likeness (QED) is 0.620. The van der Waals surface area contributed by atoms with Crippen LogP contribution in [0.1, 0.15) is 29.8 Å². The van der Waals surface area contributed by atoms with Crippen LogP contribution < -0.4 is 10.1 Å². The van der Waals surface area contributed by atoms with Crippen LogP contribution in [-0.2, 0) is 9.53 Å². The fourth-order valence-corrected chi connectivity index (χ4v) is 2.13. The minimum absolute atomic E-state index is 0.0832. The van der Waals surface area contributed by atoms with Gasteiger partial charge in [0.05, 0.1) is 13.2 Å². The fourth-order valence-electron chi connectivity index (χ4n) is 2.13. The van der Waals surface area contributed by atoms with Gasteiger partial charge >= 0.3 is 5.97 Å². The number of carbonyl (C=O) groups excluding carboxylic acids is 2. The summed E-state index contributed by atoms with van der Waals surface area (Å²) >= 11 is 0. The summed E-state index contributed by atoms with van der Waals surface area (Å²) in [4.78, 5) is 24.5. The van der Waals surface area contributed by atoms with Gasteiger partial charge in [-0.3, -0.25) is 4.79 Å². The van der Waals surface area contributed by atoms with E-state index < -0.39 is 5.97 Å². The van der Waals surface area contributed by atoms with Gasteiger partial charge in [0.15, 0.2) is 0 Å². The number of amides is 1. The van der Waals surface area contributed by atoms with Crippen LogP contribution in [-0.4, -0.2) is 25.1 Å². The zero-order chi connectivity index (χ0) is 18.1. The number of rotatable bonds is 7. The normalized spacial score (nSPS) is 10.9. The molecule has 2 aromatic rings. The first kappa shape index (κ1) is 18.3. The number of hydrogen-bond donors (Lipinski definition) is 1. The van der Waals surface area contributed by atoms with Crippen molar-refractivity contribution in [2.45, 2.75) is 13.8 Å². The summed E-state index contributed by atoms with van der Waals surface area (Å²) in [5.74, 6) is -0.211. The first-order chi connectivity index (χ1) is 12.1. The van der Waals surface area contributed by atoms with E-state index in [2.05, 4.69) is 5.32 Å². The summed E-state index contributed by atoms with van der Waals surface area (Å²) in [5, 5.41) is 2.62. The van der Waals surface area contributed by atoms with Crippen LogP contribution in [0.2, 0.25) is 0 Å². The Kier molecular flexibility index (Phi) is 6.77. The molecule has 0 atom stereocenters. The Morgan fingerprint density at radius 2 is 1.64 bits per heavy atom. The van der Waals surface area contributed by atoms with E-state index in [0.29, 0.717) is 12.2 Å². The summed E-state index contributed by atoms with van der Waals surface area (Å²) < 4.78 is 10.4. The summed E-state index contributed by atoms with van der Waals surface area (Å²) in [6.45, 7) is 4.42. The third kappa shape index (κ3) is 5.49. The first-order valence-electron chi connectivity index (χ1n) is 8.12. The Hall–Kier alpha value is -3.08. The maximum Gasteiger partial charge on any atom is 0.354 e. The van der Waals surface area contributed by atoms with Crippen molar-refractivity contribution in [2.75, 3.05) is 13.2 Å². The molecule has 130 valence electrons. The molecule has 25 heavy (non-hydrogen) atoms. The molecule has 0 fully saturated rings. The number of carbonyl (C=O) groups is 2. The molecule has 0 heterocycles. The molecular weight excluding hydrogens is 318 g/mol. The van der Waals surface area contributed by atoms with Gasteiger partial charge in [0.25, 0.3) is 5.91 Å². The van der Waals surface area contributed by atoms with Crippen molar-refractivity contribution < 1.29 is 19.1 Å². The van der Waals surface area contributed by atoms with Crippen LogP contribution in [0, 0.1) is 0 Å². The van der Waals surface area contributed by atoms with Gasteiger partial charge in [0.2, 0.25) is 0 Å². The van der Waals surface area contributed by atoms with Crippen LogP contribution in [0.4, 0.5) is 0 Å². The van der Waals surface area contributed by atoms with E-state index in [1.54, 1.807) is 61.5 Å². The topological polar surface area (TPSA) is 64.6 Å². The molecule has 5 nitrogen and oxygen atoms in total. The number of ether oxygens (including phenoxy) is 2. The van der Waals surface area contributed by atoms with Crippen molar-refractivity contribution in [3.63, 3.8) is 0 Å². The molecule has 0 bridgehead atoms. The summed E-state index contributed by atoms with van der Waals surface area (Å²) in [5.41, 5.74) is 1.30. The second-order valence-corrected chi connectivity index (χ2v) is 5.10. The highest BCUT2D eigenvalue weighted by Gasteiger charge is 2.15. The monoisotopic (exact) mass is 339 g/mol. The Bertz CT molecular complexity index is 736. The number of nitrogens with one attached hydrogen (secondary N) is 1. The molecule has 0 spiro atoms. The van der Waals surface area contributed by atoms with Crippen LogP contribution in [0.5, 0.6) is 5.75 Å². The Morgan fingerprint density at radius 1 is 0.960 bits per heavy atom. The van der Waals surface area contributed by atoms with Crippen LogP contribution in [0.15, 0.2) is 60.3 Å². The Balaban J connectivity index is 2.22. The van der Waals surface area contributed by atoms with Crippen molar-refractivity contribution in [2.24, 2.45) is 0 Å². The van der Waals surface area contributed by atoms with E-state index in [9.17, 15) is 9.59 Å². The van der Waals surface area contributed by atoms with Gasteiger partial charge < -0.3 is 14.8 Å². The molecule has 0 aliphatic carbocycles. The molecule has 2 rings (SSSR count). The average Bonchev–Trinajstić information content (AvgIpc) is 2.64. The van der Waals surface area contributed by atoms with Gasteiger partial charge in [-0.15, -0.1) is 0 Å². The Morgan fingerprint density at radius 3 is 2.24 bits per heavy atom. The minimum atomic E-state index is -0.583. The lowest BCUT2D eigenvalue weighted by Crippen LogP contribution is -2.28.